The van der Waals surface area contributed by atoms with Gasteiger partial charge in [0, 0.05) is 17.9 Å². The highest BCUT2D eigenvalue weighted by atomic mass is 14.8. The van der Waals surface area contributed by atoms with Crippen molar-refractivity contribution in [3.63, 3.8) is 0 Å². The van der Waals surface area contributed by atoms with Gasteiger partial charge in [0.15, 0.2) is 0 Å². The topological polar surface area (TPSA) is 4.41 Å². The fourth-order valence-electron chi connectivity index (χ4n) is 1.83. The van der Waals surface area contributed by atoms with Crippen LogP contribution in [0, 0.1) is 5.41 Å². The Labute approximate surface area is 85.4 Å². The molecule has 0 fully saturated rings. The van der Waals surface area contributed by atoms with E-state index in [0.717, 1.165) is 6.42 Å². The molecular weight excluding hydrogens is 170 g/mol. The van der Waals surface area contributed by atoms with E-state index in [1.807, 2.05) is 0 Å². The summed E-state index contributed by atoms with van der Waals surface area (Å²) in [6.07, 6.45) is 5.37. The Hall–Kier alpha value is -1.24. The van der Waals surface area contributed by atoms with Gasteiger partial charge in [-0.05, 0) is 35.6 Å². The average molecular weight is 187 g/mol. The lowest BCUT2D eigenvalue weighted by molar-refractivity contribution is 0.412. The van der Waals surface area contributed by atoms with Crippen molar-refractivity contribution in [2.45, 2.75) is 27.2 Å². The Bertz CT molecular complexity index is 432. The minimum absolute atomic E-state index is 0.359. The van der Waals surface area contributed by atoms with E-state index in [-0.39, 0.29) is 0 Å². The normalized spacial score (nSPS) is 12.2. The van der Waals surface area contributed by atoms with E-state index in [4.69, 9.17) is 0 Å². The molecule has 0 aromatic carbocycles. The van der Waals surface area contributed by atoms with Crippen LogP contribution < -0.4 is 0 Å². The van der Waals surface area contributed by atoms with Crippen LogP contribution >= 0.6 is 0 Å². The van der Waals surface area contributed by atoms with Crippen molar-refractivity contribution in [2.75, 3.05) is 0 Å². The number of pyridine rings is 1. The molecule has 2 aromatic heterocycles. The second-order valence-electron chi connectivity index (χ2n) is 5.07. The first-order valence-corrected chi connectivity index (χ1v) is 5.11. The fraction of sp³-hybridized carbons (Fsp3) is 0.385. The zero-order chi connectivity index (χ0) is 10.2. The van der Waals surface area contributed by atoms with E-state index in [1.54, 1.807) is 0 Å². The molecule has 0 aliphatic rings. The number of fused-ring (bicyclic) bond motifs is 1. The predicted molar refractivity (Wildman–Crippen MR) is 60.6 cm³/mol. The Balaban J connectivity index is 2.44. The zero-order valence-corrected chi connectivity index (χ0v) is 9.12. The molecule has 0 atom stereocenters. The molecule has 14 heavy (non-hydrogen) atoms. The molecule has 1 heteroatoms. The van der Waals surface area contributed by atoms with Gasteiger partial charge in [-0.1, -0.05) is 26.8 Å². The first-order valence-electron chi connectivity index (χ1n) is 5.11. The number of hydrogen-bond donors (Lipinski definition) is 0. The maximum Gasteiger partial charge on any atom is 0.0482 e. The Morgan fingerprint density at radius 1 is 1.07 bits per heavy atom. The van der Waals surface area contributed by atoms with Gasteiger partial charge in [0.05, 0.1) is 0 Å². The molecule has 0 amide bonds. The summed E-state index contributed by atoms with van der Waals surface area (Å²) < 4.78 is 2.18. The highest BCUT2D eigenvalue weighted by Crippen LogP contribution is 2.23. The molecule has 0 bridgehead atoms. The van der Waals surface area contributed by atoms with Crippen LogP contribution in [-0.2, 0) is 6.42 Å². The molecule has 0 saturated carbocycles. The predicted octanol–water partition coefficient (Wildman–Crippen LogP) is 3.53. The molecule has 0 spiro atoms. The zero-order valence-electron chi connectivity index (χ0n) is 9.12. The summed E-state index contributed by atoms with van der Waals surface area (Å²) >= 11 is 0. The molecular formula is C13H17N. The molecule has 0 radical (unpaired) electrons. The quantitative estimate of drug-likeness (QED) is 0.643. The van der Waals surface area contributed by atoms with Gasteiger partial charge in [-0.2, -0.15) is 0 Å². The van der Waals surface area contributed by atoms with E-state index in [2.05, 4.69) is 61.8 Å². The summed E-state index contributed by atoms with van der Waals surface area (Å²) in [5.41, 5.74) is 3.14. The van der Waals surface area contributed by atoms with Crippen molar-refractivity contribution in [3.8, 4) is 0 Å². The lowest BCUT2D eigenvalue weighted by Crippen LogP contribution is -2.08. The maximum atomic E-state index is 2.28. The van der Waals surface area contributed by atoms with Gasteiger partial charge in [0.25, 0.3) is 0 Å². The van der Waals surface area contributed by atoms with E-state index in [0.29, 0.717) is 5.41 Å². The molecule has 1 nitrogen and oxygen atoms in total. The third-order valence-electron chi connectivity index (χ3n) is 2.38. The first kappa shape index (κ1) is 9.32. The van der Waals surface area contributed by atoms with Gasteiger partial charge < -0.3 is 4.40 Å². The van der Waals surface area contributed by atoms with Crippen LogP contribution in [0.4, 0.5) is 0 Å². The summed E-state index contributed by atoms with van der Waals surface area (Å²) in [5, 5.41) is 0. The second-order valence-corrected chi connectivity index (χ2v) is 5.07. The number of aromatic nitrogens is 1. The van der Waals surface area contributed by atoms with E-state index >= 15 is 0 Å². The van der Waals surface area contributed by atoms with Crippen molar-refractivity contribution in [1.82, 2.24) is 4.40 Å². The van der Waals surface area contributed by atoms with Crippen molar-refractivity contribution in [1.29, 1.82) is 0 Å². The minimum Gasteiger partial charge on any atom is -0.324 e. The summed E-state index contributed by atoms with van der Waals surface area (Å²) in [6, 6.07) is 8.57. The van der Waals surface area contributed by atoms with Crippen molar-refractivity contribution >= 4 is 5.52 Å². The smallest absolute Gasteiger partial charge is 0.0482 e. The summed E-state index contributed by atoms with van der Waals surface area (Å²) in [6.45, 7) is 6.83. The molecule has 2 heterocycles. The van der Waals surface area contributed by atoms with Gasteiger partial charge >= 0.3 is 0 Å². The summed E-state index contributed by atoms with van der Waals surface area (Å²) in [7, 11) is 0. The van der Waals surface area contributed by atoms with E-state index in [9.17, 15) is 0 Å². The molecule has 0 aliphatic heterocycles. The standard InChI is InChI=1S/C13H17N/c1-13(2,3)10-11-7-9-14-8-5-4-6-12(11)14/h4-9H,10H2,1-3H3. The second kappa shape index (κ2) is 3.16. The molecule has 0 aliphatic carbocycles. The third kappa shape index (κ3) is 1.82. The van der Waals surface area contributed by atoms with Crippen LogP contribution in [0.1, 0.15) is 26.3 Å². The SMILES string of the molecule is CC(C)(C)Cc1ccn2ccccc12. The summed E-state index contributed by atoms with van der Waals surface area (Å²) in [5.74, 6) is 0. The number of nitrogens with zero attached hydrogens (tertiary/aromatic N) is 1. The van der Waals surface area contributed by atoms with Crippen LogP contribution in [0.15, 0.2) is 36.7 Å². The van der Waals surface area contributed by atoms with Crippen molar-refractivity contribution < 1.29 is 0 Å². The molecule has 0 N–H and O–H groups in total. The average Bonchev–Trinajstić information content (AvgIpc) is 2.47. The maximum absolute atomic E-state index is 2.28. The Kier molecular flexibility index (Phi) is 2.10. The highest BCUT2D eigenvalue weighted by molar-refractivity contribution is 5.55. The van der Waals surface area contributed by atoms with Crippen molar-refractivity contribution in [2.24, 2.45) is 5.41 Å². The van der Waals surface area contributed by atoms with Crippen molar-refractivity contribution in [3.05, 3.63) is 42.2 Å². The summed E-state index contributed by atoms with van der Waals surface area (Å²) in [4.78, 5) is 0. The van der Waals surface area contributed by atoms with Crippen LogP contribution in [0.3, 0.4) is 0 Å². The lowest BCUT2D eigenvalue weighted by atomic mass is 9.88. The van der Waals surface area contributed by atoms with Gasteiger partial charge in [0.1, 0.15) is 0 Å². The van der Waals surface area contributed by atoms with E-state index < -0.39 is 0 Å². The van der Waals surface area contributed by atoms with E-state index in [1.165, 1.54) is 11.1 Å². The minimum atomic E-state index is 0.359. The Morgan fingerprint density at radius 3 is 2.57 bits per heavy atom. The lowest BCUT2D eigenvalue weighted by Gasteiger charge is -2.17. The van der Waals surface area contributed by atoms with Crippen LogP contribution in [-0.4, -0.2) is 4.40 Å². The highest BCUT2D eigenvalue weighted by Gasteiger charge is 2.13. The molecule has 0 saturated heterocycles. The van der Waals surface area contributed by atoms with Crippen LogP contribution in [0.5, 0.6) is 0 Å². The third-order valence-corrected chi connectivity index (χ3v) is 2.38. The van der Waals surface area contributed by atoms with Crippen LogP contribution in [0.25, 0.3) is 5.52 Å². The van der Waals surface area contributed by atoms with Gasteiger partial charge in [-0.3, -0.25) is 0 Å². The largest absolute Gasteiger partial charge is 0.324 e. The first-order chi connectivity index (χ1) is 6.56. The van der Waals surface area contributed by atoms with Gasteiger partial charge in [-0.15, -0.1) is 0 Å². The number of hydrogen-bond acceptors (Lipinski definition) is 0. The number of rotatable bonds is 1. The fourth-order valence-corrected chi connectivity index (χ4v) is 1.83. The molecule has 74 valence electrons. The molecule has 0 unspecified atom stereocenters. The van der Waals surface area contributed by atoms with Gasteiger partial charge in [-0.25, -0.2) is 0 Å². The van der Waals surface area contributed by atoms with Gasteiger partial charge in [0.2, 0.25) is 0 Å². The monoisotopic (exact) mass is 187 g/mol. The molecule has 2 aromatic rings. The molecule has 2 rings (SSSR count). The Morgan fingerprint density at radius 2 is 1.86 bits per heavy atom. The van der Waals surface area contributed by atoms with Crippen LogP contribution in [0.2, 0.25) is 0 Å².